The molecule has 0 spiro atoms. The zero-order chi connectivity index (χ0) is 29.3. The van der Waals surface area contributed by atoms with Gasteiger partial charge in [0.2, 0.25) is 5.95 Å². The molecule has 2 N–H and O–H groups in total. The highest BCUT2D eigenvalue weighted by molar-refractivity contribution is 5.62. The van der Waals surface area contributed by atoms with Crippen LogP contribution < -0.4 is 10.4 Å². The fraction of sp³-hybridized carbons (Fsp3) is 0.560. The van der Waals surface area contributed by atoms with Crippen LogP contribution in [0.4, 0.5) is 41.1 Å². The zero-order valence-corrected chi connectivity index (χ0v) is 21.3. The van der Waals surface area contributed by atoms with Crippen LogP contribution in [0.25, 0.3) is 0 Å². The topological polar surface area (TPSA) is 76.9 Å². The van der Waals surface area contributed by atoms with Crippen LogP contribution in [0.2, 0.25) is 0 Å². The first kappa shape index (κ1) is 28.5. The molecule has 2 heterocycles. The number of aliphatic imine (C=N–C) groups is 1. The zero-order valence-electron chi connectivity index (χ0n) is 21.3. The summed E-state index contributed by atoms with van der Waals surface area (Å²) in [4.78, 5) is 14.1. The minimum absolute atomic E-state index is 0.0632. The highest BCUT2D eigenvalue weighted by Gasteiger charge is 2.84. The van der Waals surface area contributed by atoms with Gasteiger partial charge in [-0.25, -0.2) is 28.8 Å². The van der Waals surface area contributed by atoms with Gasteiger partial charge in [0.05, 0.1) is 11.6 Å². The Morgan fingerprint density at radius 1 is 1.07 bits per heavy atom. The average Bonchev–Trinajstić information content (AvgIpc) is 3.74. The van der Waals surface area contributed by atoms with Crippen LogP contribution in [-0.4, -0.2) is 57.2 Å². The Labute approximate surface area is 223 Å². The molecular formula is C25H26F8N6O. The lowest BCUT2D eigenvalue weighted by atomic mass is 9.87. The van der Waals surface area contributed by atoms with Crippen molar-refractivity contribution in [3.63, 3.8) is 0 Å². The predicted molar refractivity (Wildman–Crippen MR) is 127 cm³/mol. The summed E-state index contributed by atoms with van der Waals surface area (Å²) in [6.07, 6.45) is -7.30. The number of hydrogen-bond donors (Lipinski definition) is 2. The lowest BCUT2D eigenvalue weighted by Gasteiger charge is -2.44. The number of alkyl halides is 8. The van der Waals surface area contributed by atoms with Crippen LogP contribution >= 0.6 is 0 Å². The third-order valence-electron chi connectivity index (χ3n) is 7.86. The van der Waals surface area contributed by atoms with Crippen LogP contribution in [-0.2, 0) is 17.3 Å². The molecule has 2 aromatic rings. The van der Waals surface area contributed by atoms with Crippen LogP contribution in [0.5, 0.6) is 0 Å². The maximum Gasteiger partial charge on any atom is 0.416 e. The van der Waals surface area contributed by atoms with E-state index in [1.54, 1.807) is 13.0 Å². The van der Waals surface area contributed by atoms with Gasteiger partial charge < -0.3 is 5.11 Å². The standard InChI is InChI=1S/C25H26F8N6O/c1-14(19-36-13-37-39(19)20-34-6-3-7-35-20)38(11-15-4-5-15)21(2,40)16-8-17(10-18(9-16)24(28,29)30)22(25(31,32)33)12-23(22,26)27/h3,6-10,13-15,19,40H,4-5,11-12H2,1-2H3,(H,36,37). The van der Waals surface area contributed by atoms with E-state index >= 15 is 0 Å². The summed E-state index contributed by atoms with van der Waals surface area (Å²) in [5.74, 6) is -4.01. The number of aliphatic hydroxyl groups is 1. The average molecular weight is 579 g/mol. The molecule has 0 amide bonds. The summed E-state index contributed by atoms with van der Waals surface area (Å²) in [5, 5.41) is 13.3. The molecule has 0 bridgehead atoms. The van der Waals surface area contributed by atoms with Gasteiger partial charge in [0.15, 0.2) is 11.6 Å². The van der Waals surface area contributed by atoms with E-state index in [0.29, 0.717) is 12.1 Å². The molecule has 40 heavy (non-hydrogen) atoms. The Morgan fingerprint density at radius 3 is 2.20 bits per heavy atom. The third kappa shape index (κ3) is 4.76. The largest absolute Gasteiger partial charge is 0.416 e. The first-order chi connectivity index (χ1) is 18.5. The van der Waals surface area contributed by atoms with Crippen LogP contribution in [0, 0.1) is 5.92 Å². The highest BCUT2D eigenvalue weighted by atomic mass is 19.4. The summed E-state index contributed by atoms with van der Waals surface area (Å²) >= 11 is 0. The summed E-state index contributed by atoms with van der Waals surface area (Å²) in [5.41, 5.74) is -6.62. The molecule has 2 saturated carbocycles. The summed E-state index contributed by atoms with van der Waals surface area (Å²) in [6.45, 7) is 2.95. The molecular weight excluding hydrogens is 552 g/mol. The number of nitrogens with one attached hydrogen (secondary N) is 1. The second-order valence-corrected chi connectivity index (χ2v) is 10.7. The number of aromatic nitrogens is 2. The van der Waals surface area contributed by atoms with Crippen molar-refractivity contribution >= 4 is 12.3 Å². The van der Waals surface area contributed by atoms with Gasteiger partial charge in [0, 0.05) is 25.4 Å². The van der Waals surface area contributed by atoms with E-state index in [4.69, 9.17) is 0 Å². The van der Waals surface area contributed by atoms with E-state index in [2.05, 4.69) is 20.4 Å². The van der Waals surface area contributed by atoms with E-state index in [-0.39, 0.29) is 24.5 Å². The molecule has 4 atom stereocenters. The van der Waals surface area contributed by atoms with Crippen molar-refractivity contribution in [1.82, 2.24) is 20.3 Å². The molecule has 7 nitrogen and oxygen atoms in total. The Kier molecular flexibility index (Phi) is 6.56. The maximum atomic E-state index is 14.3. The molecule has 1 aliphatic heterocycles. The minimum atomic E-state index is -5.52. The number of hydrazine groups is 1. The molecule has 4 unspecified atom stereocenters. The molecule has 2 fully saturated rings. The van der Waals surface area contributed by atoms with Crippen molar-refractivity contribution in [3.05, 3.63) is 53.3 Å². The van der Waals surface area contributed by atoms with Gasteiger partial charge >= 0.3 is 12.4 Å². The Hall–Kier alpha value is -3.07. The van der Waals surface area contributed by atoms with E-state index in [1.165, 1.54) is 28.6 Å². The van der Waals surface area contributed by atoms with Gasteiger partial charge in [-0.05, 0) is 61.9 Å². The van der Waals surface area contributed by atoms with E-state index in [9.17, 15) is 40.2 Å². The molecule has 0 radical (unpaired) electrons. The number of nitrogens with zero attached hydrogens (tertiary/aromatic N) is 5. The molecule has 218 valence electrons. The molecule has 1 aromatic heterocycles. The quantitative estimate of drug-likeness (QED) is 0.340. The van der Waals surface area contributed by atoms with Gasteiger partial charge in [-0.2, -0.15) is 26.3 Å². The fourth-order valence-electron chi connectivity index (χ4n) is 5.28. The van der Waals surface area contributed by atoms with Crippen molar-refractivity contribution in [2.75, 3.05) is 11.6 Å². The second-order valence-electron chi connectivity index (χ2n) is 10.7. The van der Waals surface area contributed by atoms with Gasteiger partial charge in [-0.1, -0.05) is 6.07 Å². The molecule has 5 rings (SSSR count). The molecule has 0 saturated heterocycles. The SMILES string of the molecule is CC(C1N=CNN1c1ncccn1)N(CC1CC1)C(C)(O)c1cc(C(F)(F)F)cc(C2(C(F)(F)F)CC2(F)F)c1. The number of halogens is 8. The van der Waals surface area contributed by atoms with E-state index in [1.807, 2.05) is 0 Å². The van der Waals surface area contributed by atoms with Crippen molar-refractivity contribution in [1.29, 1.82) is 0 Å². The minimum Gasteiger partial charge on any atom is -0.372 e. The molecule has 15 heteroatoms. The second kappa shape index (κ2) is 9.23. The number of hydrogen-bond acceptors (Lipinski definition) is 7. The maximum absolute atomic E-state index is 14.3. The first-order valence-electron chi connectivity index (χ1n) is 12.5. The summed E-state index contributed by atoms with van der Waals surface area (Å²) < 4.78 is 112. The van der Waals surface area contributed by atoms with Crippen LogP contribution in [0.3, 0.4) is 0 Å². The van der Waals surface area contributed by atoms with Crippen LogP contribution in [0.15, 0.2) is 41.7 Å². The van der Waals surface area contributed by atoms with E-state index < -0.39 is 64.7 Å². The number of anilines is 1. The number of benzene rings is 1. The lowest BCUT2D eigenvalue weighted by Crippen LogP contribution is -2.58. The molecule has 1 aromatic carbocycles. The Bertz CT molecular complexity index is 1280. The number of rotatable bonds is 8. The first-order valence-corrected chi connectivity index (χ1v) is 12.5. The third-order valence-corrected chi connectivity index (χ3v) is 7.86. The van der Waals surface area contributed by atoms with Crippen LogP contribution in [0.1, 0.15) is 49.8 Å². The smallest absolute Gasteiger partial charge is 0.372 e. The molecule has 3 aliphatic rings. The van der Waals surface area contributed by atoms with E-state index in [0.717, 1.165) is 19.8 Å². The van der Waals surface area contributed by atoms with Gasteiger partial charge in [0.1, 0.15) is 12.1 Å². The highest BCUT2D eigenvalue weighted by Crippen LogP contribution is 2.69. The summed E-state index contributed by atoms with van der Waals surface area (Å²) in [7, 11) is 0. The Morgan fingerprint density at radius 2 is 1.68 bits per heavy atom. The monoisotopic (exact) mass is 578 g/mol. The Balaban J connectivity index is 1.59. The van der Waals surface area contributed by atoms with Crippen molar-refractivity contribution < 1.29 is 40.2 Å². The van der Waals surface area contributed by atoms with Crippen molar-refractivity contribution in [2.45, 2.75) is 74.7 Å². The van der Waals surface area contributed by atoms with Gasteiger partial charge in [-0.3, -0.25) is 10.3 Å². The van der Waals surface area contributed by atoms with Gasteiger partial charge in [0.25, 0.3) is 5.92 Å². The lowest BCUT2D eigenvalue weighted by molar-refractivity contribution is -0.182. The van der Waals surface area contributed by atoms with Crippen molar-refractivity contribution in [2.24, 2.45) is 10.9 Å². The van der Waals surface area contributed by atoms with Crippen molar-refractivity contribution in [3.8, 4) is 0 Å². The predicted octanol–water partition coefficient (Wildman–Crippen LogP) is 4.98. The summed E-state index contributed by atoms with van der Waals surface area (Å²) in [6, 6.07) is 2.05. The van der Waals surface area contributed by atoms with Gasteiger partial charge in [-0.15, -0.1) is 0 Å². The molecule has 2 aliphatic carbocycles. The fourth-order valence-corrected chi connectivity index (χ4v) is 5.28. The normalized spacial score (nSPS) is 26.5.